The van der Waals surface area contributed by atoms with Crippen molar-refractivity contribution in [2.75, 3.05) is 52.9 Å². The van der Waals surface area contributed by atoms with Crippen LogP contribution in [-0.2, 0) is 43.0 Å². The van der Waals surface area contributed by atoms with E-state index >= 15 is 0 Å². The van der Waals surface area contributed by atoms with E-state index < -0.39 is 5.97 Å². The molecule has 0 saturated heterocycles. The summed E-state index contributed by atoms with van der Waals surface area (Å²) < 4.78 is 36.2. The minimum atomic E-state index is -0.997. The normalized spacial score (nSPS) is 16.9. The van der Waals surface area contributed by atoms with Gasteiger partial charge in [-0.05, 0) is 56.9 Å². The van der Waals surface area contributed by atoms with Crippen LogP contribution in [0.2, 0.25) is 0 Å². The summed E-state index contributed by atoms with van der Waals surface area (Å²) in [5, 5.41) is 10.1. The van der Waals surface area contributed by atoms with E-state index in [-0.39, 0.29) is 40.9 Å². The Morgan fingerprint density at radius 2 is 1.20 bits per heavy atom. The molecule has 1 aliphatic rings. The third kappa shape index (κ3) is 11.3. The number of hydrogen-bond donors (Lipinski definition) is 1. The van der Waals surface area contributed by atoms with Gasteiger partial charge in [-0.1, -0.05) is 87.4 Å². The largest absolute Gasteiger partial charge is 0.487 e. The van der Waals surface area contributed by atoms with Crippen molar-refractivity contribution in [1.82, 2.24) is 0 Å². The van der Waals surface area contributed by atoms with Crippen molar-refractivity contribution in [3.8, 4) is 11.5 Å². The van der Waals surface area contributed by atoms with Crippen molar-refractivity contribution in [2.45, 2.75) is 106 Å². The van der Waals surface area contributed by atoms with E-state index in [1.807, 2.05) is 12.1 Å². The summed E-state index contributed by atoms with van der Waals surface area (Å²) in [6, 6.07) is 8.26. The molecule has 2 bridgehead atoms. The smallest absolute Gasteiger partial charge is 0.336 e. The van der Waals surface area contributed by atoms with Crippen LogP contribution in [0.15, 0.2) is 24.3 Å². The van der Waals surface area contributed by atoms with Crippen LogP contribution < -0.4 is 9.47 Å². The van der Waals surface area contributed by atoms with E-state index in [4.69, 9.17) is 28.4 Å². The van der Waals surface area contributed by atoms with Crippen molar-refractivity contribution in [2.24, 2.45) is 5.41 Å². The Bertz CT molecular complexity index is 1280. The van der Waals surface area contributed by atoms with Crippen molar-refractivity contribution in [1.29, 1.82) is 0 Å². The van der Waals surface area contributed by atoms with Gasteiger partial charge in [-0.3, -0.25) is 0 Å². The van der Waals surface area contributed by atoms with E-state index in [0.717, 1.165) is 23.3 Å². The van der Waals surface area contributed by atoms with Crippen LogP contribution in [0.5, 0.6) is 11.5 Å². The fraction of sp³-hybridized carbons (Fsp3) is 0.658. The van der Waals surface area contributed by atoms with Crippen LogP contribution in [0.3, 0.4) is 0 Å². The lowest BCUT2D eigenvalue weighted by Crippen LogP contribution is -2.25. The molecule has 258 valence electrons. The molecule has 0 amide bonds. The number of benzene rings is 2. The van der Waals surface area contributed by atoms with Crippen LogP contribution in [0, 0.1) is 5.41 Å². The molecule has 1 heterocycles. The Labute approximate surface area is 277 Å². The molecular formula is C38H58O8. The second-order valence-electron chi connectivity index (χ2n) is 15.4. The molecule has 3 rings (SSSR count). The molecule has 46 heavy (non-hydrogen) atoms. The SMILES string of the molecule is CC(C)c1cc(C(C)(C)CC(C)(C)C)cc2c1OCCOCCOCc1cc(C(C)(C)C)cc(c1C(=O)O)COCCOCCO2. The van der Waals surface area contributed by atoms with Gasteiger partial charge >= 0.3 is 5.97 Å². The molecule has 0 fully saturated rings. The summed E-state index contributed by atoms with van der Waals surface area (Å²) in [5.74, 6) is 0.692. The molecular weight excluding hydrogens is 584 g/mol. The van der Waals surface area contributed by atoms with Gasteiger partial charge in [-0.25, -0.2) is 4.79 Å². The maximum Gasteiger partial charge on any atom is 0.336 e. The molecule has 0 atom stereocenters. The molecule has 1 aliphatic heterocycles. The van der Waals surface area contributed by atoms with Gasteiger partial charge < -0.3 is 33.5 Å². The Kier molecular flexibility index (Phi) is 13.5. The number of carbonyl (C=O) groups is 1. The van der Waals surface area contributed by atoms with Gasteiger partial charge in [-0.2, -0.15) is 0 Å². The number of hydrogen-bond acceptors (Lipinski definition) is 7. The lowest BCUT2D eigenvalue weighted by atomic mass is 9.71. The van der Waals surface area contributed by atoms with Crippen LogP contribution in [0.1, 0.15) is 120 Å². The fourth-order valence-electron chi connectivity index (χ4n) is 6.05. The molecule has 2 aromatic carbocycles. The zero-order valence-electron chi connectivity index (χ0n) is 30.0. The van der Waals surface area contributed by atoms with Gasteiger partial charge in [0, 0.05) is 5.56 Å². The number of aromatic carboxylic acids is 1. The van der Waals surface area contributed by atoms with E-state index in [1.54, 1.807) is 0 Å². The maximum atomic E-state index is 12.3. The van der Waals surface area contributed by atoms with Crippen LogP contribution in [-0.4, -0.2) is 63.9 Å². The first kappa shape index (κ1) is 37.8. The Balaban J connectivity index is 1.83. The van der Waals surface area contributed by atoms with Crippen LogP contribution in [0.25, 0.3) is 0 Å². The van der Waals surface area contributed by atoms with Crippen molar-refractivity contribution >= 4 is 5.97 Å². The van der Waals surface area contributed by atoms with Crippen LogP contribution >= 0.6 is 0 Å². The highest BCUT2D eigenvalue weighted by molar-refractivity contribution is 5.91. The second-order valence-corrected chi connectivity index (χ2v) is 15.4. The Hall–Kier alpha value is -2.65. The highest BCUT2D eigenvalue weighted by atomic mass is 16.6. The highest BCUT2D eigenvalue weighted by Crippen LogP contribution is 2.43. The molecule has 0 unspecified atom stereocenters. The van der Waals surface area contributed by atoms with E-state index in [2.05, 4.69) is 81.4 Å². The molecule has 8 heteroatoms. The average Bonchev–Trinajstić information content (AvgIpc) is 2.93. The predicted octanol–water partition coefficient (Wildman–Crippen LogP) is 8.06. The van der Waals surface area contributed by atoms with Gasteiger partial charge in [0.1, 0.15) is 13.2 Å². The summed E-state index contributed by atoms with van der Waals surface area (Å²) in [6.45, 7) is 25.2. The number of rotatable bonds is 4. The zero-order valence-corrected chi connectivity index (χ0v) is 30.0. The first-order valence-corrected chi connectivity index (χ1v) is 16.6. The molecule has 0 aliphatic carbocycles. The lowest BCUT2D eigenvalue weighted by Gasteiger charge is -2.34. The molecule has 0 radical (unpaired) electrons. The van der Waals surface area contributed by atoms with E-state index in [9.17, 15) is 9.90 Å². The first-order chi connectivity index (χ1) is 21.5. The summed E-state index contributed by atoms with van der Waals surface area (Å²) in [4.78, 5) is 12.3. The van der Waals surface area contributed by atoms with Crippen molar-refractivity contribution < 1.29 is 38.3 Å². The summed E-state index contributed by atoms with van der Waals surface area (Å²) in [7, 11) is 0. The van der Waals surface area contributed by atoms with Gasteiger partial charge in [0.15, 0.2) is 11.5 Å². The van der Waals surface area contributed by atoms with Gasteiger partial charge in [-0.15, -0.1) is 0 Å². The predicted molar refractivity (Wildman–Crippen MR) is 182 cm³/mol. The standard InChI is InChI=1S/C38H58O8/c1-26(2)31-21-30(38(9,10)25-36(3,4)5)22-32-34(31)46-18-16-42-12-14-44-24-28-20-29(37(6,7)8)19-27(33(28)35(39)40)23-43-13-11-41-15-17-45-32/h19-22,26H,11-18,23-25H2,1-10H3,(H,39,40). The monoisotopic (exact) mass is 642 g/mol. The number of ether oxygens (including phenoxy) is 6. The lowest BCUT2D eigenvalue weighted by molar-refractivity contribution is 0.0286. The molecule has 0 aromatic heterocycles. The second kappa shape index (κ2) is 16.4. The number of carboxylic acid groups (broad SMARTS) is 1. The molecule has 2 aromatic rings. The van der Waals surface area contributed by atoms with Crippen LogP contribution in [0.4, 0.5) is 0 Å². The summed E-state index contributed by atoms with van der Waals surface area (Å²) in [5.41, 5.74) is 4.78. The molecule has 8 nitrogen and oxygen atoms in total. The highest BCUT2D eigenvalue weighted by Gasteiger charge is 2.30. The summed E-state index contributed by atoms with van der Waals surface area (Å²) in [6.07, 6.45) is 1.02. The fourth-order valence-corrected chi connectivity index (χ4v) is 6.05. The maximum absolute atomic E-state index is 12.3. The van der Waals surface area contributed by atoms with Gasteiger partial charge in [0.05, 0.1) is 58.4 Å². The topological polar surface area (TPSA) is 92.7 Å². The van der Waals surface area contributed by atoms with E-state index in [1.165, 1.54) is 5.56 Å². The third-order valence-electron chi connectivity index (χ3n) is 8.06. The minimum absolute atomic E-state index is 0.0632. The van der Waals surface area contributed by atoms with Crippen molar-refractivity contribution in [3.05, 3.63) is 57.6 Å². The molecule has 0 saturated carbocycles. The summed E-state index contributed by atoms with van der Waals surface area (Å²) >= 11 is 0. The zero-order chi connectivity index (χ0) is 34.1. The molecule has 1 N–H and O–H groups in total. The average molecular weight is 643 g/mol. The molecule has 0 spiro atoms. The van der Waals surface area contributed by atoms with E-state index in [0.29, 0.717) is 69.7 Å². The number of carboxylic acids is 1. The van der Waals surface area contributed by atoms with Gasteiger partial charge in [0.2, 0.25) is 0 Å². The number of fused-ring (bicyclic) bond motifs is 3. The van der Waals surface area contributed by atoms with Crippen molar-refractivity contribution in [3.63, 3.8) is 0 Å². The Morgan fingerprint density at radius 3 is 1.67 bits per heavy atom. The third-order valence-corrected chi connectivity index (χ3v) is 8.06. The minimum Gasteiger partial charge on any atom is -0.487 e. The Morgan fingerprint density at radius 1 is 0.696 bits per heavy atom. The first-order valence-electron chi connectivity index (χ1n) is 16.6. The quantitative estimate of drug-likeness (QED) is 0.358. The van der Waals surface area contributed by atoms with Gasteiger partial charge in [0.25, 0.3) is 0 Å².